The smallest absolute Gasteiger partial charge is 0.294 e. The number of nitro groups is 1. The molecule has 0 bridgehead atoms. The summed E-state index contributed by atoms with van der Waals surface area (Å²) in [6, 6.07) is 13.2. The number of anilines is 2. The van der Waals surface area contributed by atoms with E-state index < -0.39 is 14.9 Å². The van der Waals surface area contributed by atoms with Gasteiger partial charge in [0.15, 0.2) is 0 Å². The van der Waals surface area contributed by atoms with Gasteiger partial charge >= 0.3 is 0 Å². The molecule has 9 nitrogen and oxygen atoms in total. The molecule has 0 radical (unpaired) electrons. The Bertz CT molecular complexity index is 1140. The SMILES string of the molecule is CNS(=O)(=O)c1ccc(Nc2c(C)nn(-c3ccccc3)c2C)c([N+](=O)[O-])c1. The standard InChI is InChI=1S/C18H19N5O4S/c1-12-18(13(2)22(21-12)14-7-5-4-6-8-14)20-16-10-9-15(28(26,27)19-3)11-17(16)23(24)25/h4-11,19-20H,1-3H3. The molecule has 28 heavy (non-hydrogen) atoms. The second kappa shape index (κ2) is 7.41. The van der Waals surface area contributed by atoms with Gasteiger partial charge in [0, 0.05) is 6.07 Å². The van der Waals surface area contributed by atoms with E-state index in [9.17, 15) is 18.5 Å². The zero-order valence-corrected chi connectivity index (χ0v) is 16.3. The summed E-state index contributed by atoms with van der Waals surface area (Å²) in [5.74, 6) is 0. The van der Waals surface area contributed by atoms with E-state index in [0.717, 1.165) is 17.4 Å². The Morgan fingerprint density at radius 2 is 1.79 bits per heavy atom. The van der Waals surface area contributed by atoms with E-state index in [0.29, 0.717) is 11.4 Å². The van der Waals surface area contributed by atoms with Crippen molar-refractivity contribution in [2.75, 3.05) is 12.4 Å². The fourth-order valence-electron chi connectivity index (χ4n) is 2.83. The van der Waals surface area contributed by atoms with Crippen LogP contribution in [0.25, 0.3) is 5.69 Å². The maximum absolute atomic E-state index is 11.9. The van der Waals surface area contributed by atoms with Crippen LogP contribution < -0.4 is 10.0 Å². The van der Waals surface area contributed by atoms with Crippen LogP contribution in [0, 0.1) is 24.0 Å². The topological polar surface area (TPSA) is 119 Å². The van der Waals surface area contributed by atoms with E-state index in [1.165, 1.54) is 19.2 Å². The number of rotatable bonds is 6. The Labute approximate surface area is 162 Å². The van der Waals surface area contributed by atoms with E-state index >= 15 is 0 Å². The summed E-state index contributed by atoms with van der Waals surface area (Å²) < 4.78 is 27.8. The van der Waals surface area contributed by atoms with Crippen molar-refractivity contribution in [3.8, 4) is 5.69 Å². The third kappa shape index (κ3) is 3.59. The van der Waals surface area contributed by atoms with Gasteiger partial charge in [-0.15, -0.1) is 0 Å². The minimum Gasteiger partial charge on any atom is -0.347 e. The van der Waals surface area contributed by atoms with Crippen molar-refractivity contribution >= 4 is 27.1 Å². The van der Waals surface area contributed by atoms with Crippen molar-refractivity contribution in [2.45, 2.75) is 18.7 Å². The van der Waals surface area contributed by atoms with Gasteiger partial charge in [-0.05, 0) is 45.2 Å². The number of sulfonamides is 1. The van der Waals surface area contributed by atoms with Crippen molar-refractivity contribution in [3.05, 3.63) is 70.0 Å². The summed E-state index contributed by atoms with van der Waals surface area (Å²) >= 11 is 0. The van der Waals surface area contributed by atoms with Crippen molar-refractivity contribution in [1.82, 2.24) is 14.5 Å². The van der Waals surface area contributed by atoms with Gasteiger partial charge in [0.1, 0.15) is 5.69 Å². The minimum atomic E-state index is -3.79. The summed E-state index contributed by atoms with van der Waals surface area (Å²) in [5, 5.41) is 19.0. The lowest BCUT2D eigenvalue weighted by molar-refractivity contribution is -0.384. The molecule has 10 heteroatoms. The molecule has 0 fully saturated rings. The number of nitrogens with one attached hydrogen (secondary N) is 2. The average Bonchev–Trinajstić information content (AvgIpc) is 2.97. The van der Waals surface area contributed by atoms with Crippen molar-refractivity contribution in [1.29, 1.82) is 0 Å². The van der Waals surface area contributed by atoms with Gasteiger partial charge in [0.25, 0.3) is 5.69 Å². The zero-order chi connectivity index (χ0) is 20.5. The van der Waals surface area contributed by atoms with Crippen LogP contribution in [0.1, 0.15) is 11.4 Å². The summed E-state index contributed by atoms with van der Waals surface area (Å²) in [4.78, 5) is 10.7. The van der Waals surface area contributed by atoms with Crippen LogP contribution in [0.3, 0.4) is 0 Å². The number of nitrogens with zero attached hydrogens (tertiary/aromatic N) is 3. The molecule has 146 valence electrons. The molecular weight excluding hydrogens is 382 g/mol. The zero-order valence-electron chi connectivity index (χ0n) is 15.5. The molecule has 3 aromatic rings. The van der Waals surface area contributed by atoms with Gasteiger partial charge in [-0.3, -0.25) is 10.1 Å². The van der Waals surface area contributed by atoms with E-state index in [4.69, 9.17) is 0 Å². The lowest BCUT2D eigenvalue weighted by atomic mass is 10.2. The first-order valence-electron chi connectivity index (χ1n) is 8.35. The number of hydrogen-bond donors (Lipinski definition) is 2. The van der Waals surface area contributed by atoms with Gasteiger partial charge in [-0.2, -0.15) is 5.10 Å². The Kier molecular flexibility index (Phi) is 5.16. The molecule has 0 unspecified atom stereocenters. The van der Waals surface area contributed by atoms with E-state index in [1.807, 2.05) is 37.3 Å². The third-order valence-corrected chi connectivity index (χ3v) is 5.71. The maximum Gasteiger partial charge on any atom is 0.294 e. The van der Waals surface area contributed by atoms with E-state index in [1.54, 1.807) is 11.6 Å². The monoisotopic (exact) mass is 401 g/mol. The number of aromatic nitrogens is 2. The molecule has 2 aromatic carbocycles. The van der Waals surface area contributed by atoms with E-state index in [-0.39, 0.29) is 16.3 Å². The van der Waals surface area contributed by atoms with Crippen LogP contribution in [-0.4, -0.2) is 30.2 Å². The highest BCUT2D eigenvalue weighted by molar-refractivity contribution is 7.89. The molecule has 2 N–H and O–H groups in total. The molecule has 0 spiro atoms. The predicted octanol–water partition coefficient (Wildman–Crippen LogP) is 3.05. The second-order valence-corrected chi connectivity index (χ2v) is 7.95. The van der Waals surface area contributed by atoms with Gasteiger partial charge in [-0.1, -0.05) is 18.2 Å². The number of nitro benzene ring substituents is 1. The fourth-order valence-corrected chi connectivity index (χ4v) is 3.58. The highest BCUT2D eigenvalue weighted by Gasteiger charge is 2.22. The molecule has 1 heterocycles. The highest BCUT2D eigenvalue weighted by Crippen LogP contribution is 2.33. The highest BCUT2D eigenvalue weighted by atomic mass is 32.2. The molecule has 0 aliphatic rings. The number of benzene rings is 2. The Hall–Kier alpha value is -3.24. The maximum atomic E-state index is 11.9. The number of aryl methyl sites for hydroxylation is 1. The predicted molar refractivity (Wildman–Crippen MR) is 106 cm³/mol. The first-order valence-corrected chi connectivity index (χ1v) is 9.83. The first-order chi connectivity index (χ1) is 13.2. The number of para-hydroxylation sites is 1. The van der Waals surface area contributed by atoms with Gasteiger partial charge in [-0.25, -0.2) is 17.8 Å². The molecule has 0 amide bonds. The normalized spacial score (nSPS) is 11.4. The molecule has 0 aliphatic carbocycles. The summed E-state index contributed by atoms with van der Waals surface area (Å²) in [6.07, 6.45) is 0. The minimum absolute atomic E-state index is 0.180. The lowest BCUT2D eigenvalue weighted by Gasteiger charge is -2.10. The fraction of sp³-hybridized carbons (Fsp3) is 0.167. The van der Waals surface area contributed by atoms with Crippen LogP contribution in [0.4, 0.5) is 17.1 Å². The van der Waals surface area contributed by atoms with Crippen molar-refractivity contribution in [2.24, 2.45) is 0 Å². The van der Waals surface area contributed by atoms with E-state index in [2.05, 4.69) is 15.1 Å². The van der Waals surface area contributed by atoms with Crippen LogP contribution in [0.2, 0.25) is 0 Å². The Morgan fingerprint density at radius 1 is 1.11 bits per heavy atom. The summed E-state index contributed by atoms with van der Waals surface area (Å²) in [5.41, 5.74) is 2.74. The van der Waals surface area contributed by atoms with Crippen LogP contribution in [0.15, 0.2) is 53.4 Å². The Morgan fingerprint density at radius 3 is 2.39 bits per heavy atom. The summed E-state index contributed by atoms with van der Waals surface area (Å²) in [6.45, 7) is 3.64. The molecule has 0 aliphatic heterocycles. The van der Waals surface area contributed by atoms with Gasteiger partial charge in [0.2, 0.25) is 10.0 Å². The molecule has 1 aromatic heterocycles. The average molecular weight is 401 g/mol. The van der Waals surface area contributed by atoms with Crippen LogP contribution in [0.5, 0.6) is 0 Å². The van der Waals surface area contributed by atoms with Gasteiger partial charge in [0.05, 0.1) is 32.6 Å². The van der Waals surface area contributed by atoms with Crippen LogP contribution in [-0.2, 0) is 10.0 Å². The number of hydrogen-bond acceptors (Lipinski definition) is 6. The van der Waals surface area contributed by atoms with Crippen molar-refractivity contribution < 1.29 is 13.3 Å². The van der Waals surface area contributed by atoms with Crippen LogP contribution >= 0.6 is 0 Å². The first kappa shape index (κ1) is 19.5. The van der Waals surface area contributed by atoms with Crippen molar-refractivity contribution in [3.63, 3.8) is 0 Å². The second-order valence-electron chi connectivity index (χ2n) is 6.06. The lowest BCUT2D eigenvalue weighted by Crippen LogP contribution is -2.18. The molecule has 3 rings (SSSR count). The quantitative estimate of drug-likeness (QED) is 0.484. The molecular formula is C18H19N5O4S. The molecule has 0 saturated heterocycles. The van der Waals surface area contributed by atoms with Gasteiger partial charge < -0.3 is 5.32 Å². The molecule has 0 saturated carbocycles. The Balaban J connectivity index is 2.05. The summed E-state index contributed by atoms with van der Waals surface area (Å²) in [7, 11) is -2.54. The molecule has 0 atom stereocenters. The third-order valence-electron chi connectivity index (χ3n) is 4.30. The largest absolute Gasteiger partial charge is 0.347 e.